The number of nitrogens with two attached hydrogens (primary N) is 1. The number of hydrogen-bond donors (Lipinski definition) is 2. The summed E-state index contributed by atoms with van der Waals surface area (Å²) in [5.74, 6) is 5.80. The van der Waals surface area contributed by atoms with Gasteiger partial charge in [0.2, 0.25) is 0 Å². The zero-order valence-electron chi connectivity index (χ0n) is 13.6. The highest BCUT2D eigenvalue weighted by atomic mass is 16.6. The number of rotatable bonds is 6. The van der Waals surface area contributed by atoms with Gasteiger partial charge in [0.15, 0.2) is 0 Å². The third-order valence-electron chi connectivity index (χ3n) is 4.23. The van der Waals surface area contributed by atoms with Crippen LogP contribution in [0.4, 0.5) is 0 Å². The van der Waals surface area contributed by atoms with Gasteiger partial charge in [0, 0.05) is 24.4 Å². The van der Waals surface area contributed by atoms with E-state index in [2.05, 4.69) is 10.1 Å². The van der Waals surface area contributed by atoms with Crippen molar-refractivity contribution in [2.45, 2.75) is 12.0 Å². The third-order valence-corrected chi connectivity index (χ3v) is 4.23. The fraction of sp³-hybridized carbons (Fsp3) is 0.100. The molecule has 1 heterocycles. The molecule has 3 aromatic rings. The summed E-state index contributed by atoms with van der Waals surface area (Å²) in [6, 6.07) is 22.9. The Hall–Kier alpha value is -3.02. The standard InChI is InChI=1S/C20H19N3O2/c21-25-20(17-7-3-1-4-8-17,18-9-5-2-6-10-18)15-19(23-24)16-11-13-22-14-12-16/h1-14,24H,15,21H2/b23-19+. The molecule has 3 N–H and O–H groups in total. The molecular formula is C20H19N3O2. The lowest BCUT2D eigenvalue weighted by Gasteiger charge is -2.33. The van der Waals surface area contributed by atoms with Gasteiger partial charge < -0.3 is 5.21 Å². The lowest BCUT2D eigenvalue weighted by atomic mass is 9.81. The van der Waals surface area contributed by atoms with Gasteiger partial charge >= 0.3 is 0 Å². The molecule has 126 valence electrons. The van der Waals surface area contributed by atoms with Crippen LogP contribution in [0.3, 0.4) is 0 Å². The van der Waals surface area contributed by atoms with E-state index in [0.717, 1.165) is 16.7 Å². The van der Waals surface area contributed by atoms with Crippen LogP contribution in [0.5, 0.6) is 0 Å². The summed E-state index contributed by atoms with van der Waals surface area (Å²) < 4.78 is 0. The minimum Gasteiger partial charge on any atom is -0.411 e. The van der Waals surface area contributed by atoms with Crippen LogP contribution in [-0.4, -0.2) is 15.9 Å². The molecule has 0 unspecified atom stereocenters. The van der Waals surface area contributed by atoms with Crippen molar-refractivity contribution in [1.82, 2.24) is 4.98 Å². The van der Waals surface area contributed by atoms with Crippen LogP contribution in [0.25, 0.3) is 0 Å². The molecule has 5 heteroatoms. The first-order valence-corrected chi connectivity index (χ1v) is 7.90. The average molecular weight is 333 g/mol. The van der Waals surface area contributed by atoms with Gasteiger partial charge in [-0.1, -0.05) is 65.8 Å². The zero-order valence-corrected chi connectivity index (χ0v) is 13.6. The molecule has 0 aliphatic rings. The van der Waals surface area contributed by atoms with Crippen LogP contribution in [-0.2, 0) is 10.4 Å². The molecule has 0 atom stereocenters. The molecule has 5 nitrogen and oxygen atoms in total. The number of aromatic nitrogens is 1. The van der Waals surface area contributed by atoms with E-state index in [0.29, 0.717) is 5.71 Å². The SMILES string of the molecule is NOC(C/C(=N\O)c1ccncc1)(c1ccccc1)c1ccccc1. The van der Waals surface area contributed by atoms with Gasteiger partial charge in [0.25, 0.3) is 0 Å². The Morgan fingerprint density at radius 3 is 1.88 bits per heavy atom. The molecule has 0 saturated heterocycles. The Morgan fingerprint density at radius 2 is 1.44 bits per heavy atom. The maximum Gasteiger partial charge on any atom is 0.145 e. The van der Waals surface area contributed by atoms with Crippen molar-refractivity contribution in [3.8, 4) is 0 Å². The van der Waals surface area contributed by atoms with Crippen LogP contribution in [0.1, 0.15) is 23.1 Å². The first-order chi connectivity index (χ1) is 12.3. The highest BCUT2D eigenvalue weighted by Crippen LogP contribution is 2.37. The van der Waals surface area contributed by atoms with Gasteiger partial charge in [-0.05, 0) is 23.3 Å². The van der Waals surface area contributed by atoms with E-state index in [4.69, 9.17) is 10.7 Å². The van der Waals surface area contributed by atoms with Crippen molar-refractivity contribution < 1.29 is 10.0 Å². The fourth-order valence-corrected chi connectivity index (χ4v) is 2.94. The highest BCUT2D eigenvalue weighted by molar-refractivity contribution is 6.01. The summed E-state index contributed by atoms with van der Waals surface area (Å²) in [7, 11) is 0. The van der Waals surface area contributed by atoms with Gasteiger partial charge in [-0.25, -0.2) is 5.90 Å². The summed E-state index contributed by atoms with van der Waals surface area (Å²) in [6.07, 6.45) is 3.56. The lowest BCUT2D eigenvalue weighted by molar-refractivity contribution is -0.0153. The second kappa shape index (κ2) is 7.70. The minimum absolute atomic E-state index is 0.262. The molecule has 0 aliphatic carbocycles. The molecule has 0 aliphatic heterocycles. The molecule has 0 saturated carbocycles. The van der Waals surface area contributed by atoms with Crippen molar-refractivity contribution >= 4 is 5.71 Å². The average Bonchev–Trinajstić information content (AvgIpc) is 2.71. The zero-order chi connectivity index (χ0) is 17.5. The van der Waals surface area contributed by atoms with E-state index in [1.165, 1.54) is 0 Å². The van der Waals surface area contributed by atoms with Crippen LogP contribution in [0.2, 0.25) is 0 Å². The number of hydrogen-bond acceptors (Lipinski definition) is 5. The molecule has 1 aromatic heterocycles. The molecule has 0 amide bonds. The van der Waals surface area contributed by atoms with Gasteiger partial charge in [-0.15, -0.1) is 0 Å². The van der Waals surface area contributed by atoms with E-state index >= 15 is 0 Å². The monoisotopic (exact) mass is 333 g/mol. The van der Waals surface area contributed by atoms with E-state index in [-0.39, 0.29) is 6.42 Å². The van der Waals surface area contributed by atoms with Crippen molar-refractivity contribution in [3.63, 3.8) is 0 Å². The fourth-order valence-electron chi connectivity index (χ4n) is 2.94. The van der Waals surface area contributed by atoms with Crippen LogP contribution >= 0.6 is 0 Å². The second-order valence-corrected chi connectivity index (χ2v) is 5.64. The van der Waals surface area contributed by atoms with E-state index < -0.39 is 5.60 Å². The van der Waals surface area contributed by atoms with Gasteiger partial charge in [-0.3, -0.25) is 9.82 Å². The Labute approximate surface area is 146 Å². The quantitative estimate of drug-likeness (QED) is 0.411. The van der Waals surface area contributed by atoms with E-state index in [1.54, 1.807) is 24.5 Å². The molecule has 0 radical (unpaired) electrons. The third kappa shape index (κ3) is 3.42. The predicted molar refractivity (Wildman–Crippen MR) is 96.1 cm³/mol. The summed E-state index contributed by atoms with van der Waals surface area (Å²) in [5, 5.41) is 13.1. The normalized spacial score (nSPS) is 12.1. The number of nitrogens with zero attached hydrogens (tertiary/aromatic N) is 2. The van der Waals surface area contributed by atoms with E-state index in [9.17, 15) is 5.21 Å². The summed E-state index contributed by atoms with van der Waals surface area (Å²) >= 11 is 0. The molecule has 2 aromatic carbocycles. The first-order valence-electron chi connectivity index (χ1n) is 7.90. The molecule has 0 fully saturated rings. The number of benzene rings is 2. The van der Waals surface area contributed by atoms with Crippen molar-refractivity contribution in [1.29, 1.82) is 0 Å². The van der Waals surface area contributed by atoms with Gasteiger partial charge in [0.1, 0.15) is 5.60 Å². The Morgan fingerprint density at radius 1 is 0.920 bits per heavy atom. The number of oxime groups is 1. The second-order valence-electron chi connectivity index (χ2n) is 5.64. The maximum absolute atomic E-state index is 9.60. The summed E-state index contributed by atoms with van der Waals surface area (Å²) in [5.41, 5.74) is 1.98. The molecule has 0 bridgehead atoms. The smallest absolute Gasteiger partial charge is 0.145 e. The van der Waals surface area contributed by atoms with Crippen LogP contribution < -0.4 is 5.90 Å². The predicted octanol–water partition coefficient (Wildman–Crippen LogP) is 3.48. The largest absolute Gasteiger partial charge is 0.411 e. The molecule has 25 heavy (non-hydrogen) atoms. The Kier molecular flexibility index (Phi) is 5.18. The van der Waals surface area contributed by atoms with Gasteiger partial charge in [-0.2, -0.15) is 0 Å². The van der Waals surface area contributed by atoms with Gasteiger partial charge in [0.05, 0.1) is 5.71 Å². The Balaban J connectivity index is 2.12. The van der Waals surface area contributed by atoms with Crippen LogP contribution in [0.15, 0.2) is 90.3 Å². The lowest BCUT2D eigenvalue weighted by Crippen LogP contribution is -2.37. The highest BCUT2D eigenvalue weighted by Gasteiger charge is 2.37. The number of pyridine rings is 1. The van der Waals surface area contributed by atoms with Crippen molar-refractivity contribution in [2.24, 2.45) is 11.1 Å². The molecule has 0 spiro atoms. The topological polar surface area (TPSA) is 80.7 Å². The summed E-state index contributed by atoms with van der Waals surface area (Å²) in [4.78, 5) is 9.56. The Bertz CT molecular complexity index is 782. The minimum atomic E-state index is -0.979. The molecule has 3 rings (SSSR count). The first kappa shape index (κ1) is 16.8. The van der Waals surface area contributed by atoms with Crippen molar-refractivity contribution in [2.75, 3.05) is 0 Å². The van der Waals surface area contributed by atoms with Crippen molar-refractivity contribution in [3.05, 3.63) is 102 Å². The van der Waals surface area contributed by atoms with Crippen LogP contribution in [0, 0.1) is 0 Å². The molecular weight excluding hydrogens is 314 g/mol. The summed E-state index contributed by atoms with van der Waals surface area (Å²) in [6.45, 7) is 0. The maximum atomic E-state index is 9.60. The van der Waals surface area contributed by atoms with E-state index in [1.807, 2.05) is 60.7 Å².